The Hall–Kier alpha value is -0.860. The van der Waals surface area contributed by atoms with Crippen LogP contribution in [0.2, 0.25) is 0 Å². The Morgan fingerprint density at radius 3 is 2.47 bits per heavy atom. The van der Waals surface area contributed by atoms with E-state index < -0.39 is 0 Å². The summed E-state index contributed by atoms with van der Waals surface area (Å²) >= 11 is 0. The predicted molar refractivity (Wildman–Crippen MR) is 79.8 cm³/mol. The fourth-order valence-corrected chi connectivity index (χ4v) is 4.21. The molecule has 1 saturated carbocycles. The van der Waals surface area contributed by atoms with Gasteiger partial charge in [0.15, 0.2) is 0 Å². The molecule has 2 aliphatic carbocycles. The number of hydrogen-bond donors (Lipinski definition) is 2. The number of nitrogens with two attached hydrogens (primary N) is 1. The number of hydrazine groups is 1. The van der Waals surface area contributed by atoms with E-state index in [1.165, 1.54) is 51.4 Å². The number of aryl methyl sites for hydroxylation is 1. The van der Waals surface area contributed by atoms with Gasteiger partial charge in [0, 0.05) is 12.0 Å². The van der Waals surface area contributed by atoms with Gasteiger partial charge in [0.2, 0.25) is 0 Å². The largest absolute Gasteiger partial charge is 0.271 e. The molecule has 0 saturated heterocycles. The normalized spacial score (nSPS) is 25.8. The molecule has 19 heavy (non-hydrogen) atoms. The van der Waals surface area contributed by atoms with Crippen LogP contribution in [0.4, 0.5) is 0 Å². The molecule has 104 valence electrons. The van der Waals surface area contributed by atoms with Crippen LogP contribution in [0, 0.1) is 5.92 Å². The monoisotopic (exact) mass is 258 g/mol. The summed E-state index contributed by atoms with van der Waals surface area (Å²) in [6.07, 6.45) is 10.8. The molecule has 0 amide bonds. The van der Waals surface area contributed by atoms with Crippen LogP contribution in [-0.2, 0) is 6.42 Å². The molecule has 0 bridgehead atoms. The van der Waals surface area contributed by atoms with E-state index in [2.05, 4.69) is 29.7 Å². The third-order valence-electron chi connectivity index (χ3n) is 5.21. The topological polar surface area (TPSA) is 38.0 Å². The molecular formula is C17H26N2. The molecule has 2 nitrogen and oxygen atoms in total. The molecule has 0 heterocycles. The second-order valence-corrected chi connectivity index (χ2v) is 6.29. The maximum atomic E-state index is 5.94. The van der Waals surface area contributed by atoms with E-state index in [0.717, 1.165) is 5.92 Å². The highest BCUT2D eigenvalue weighted by atomic mass is 15.2. The fourth-order valence-electron chi connectivity index (χ4n) is 4.21. The molecule has 3 N–H and O–H groups in total. The Morgan fingerprint density at radius 1 is 1.00 bits per heavy atom. The summed E-state index contributed by atoms with van der Waals surface area (Å²) < 4.78 is 0. The van der Waals surface area contributed by atoms with E-state index in [-0.39, 0.29) is 0 Å². The summed E-state index contributed by atoms with van der Waals surface area (Å²) in [6, 6.07) is 9.42. The zero-order valence-corrected chi connectivity index (χ0v) is 11.8. The van der Waals surface area contributed by atoms with Crippen LogP contribution in [0.5, 0.6) is 0 Å². The van der Waals surface area contributed by atoms with Crippen molar-refractivity contribution in [2.75, 3.05) is 0 Å². The van der Waals surface area contributed by atoms with Crippen molar-refractivity contribution < 1.29 is 0 Å². The summed E-state index contributed by atoms with van der Waals surface area (Å²) in [6.45, 7) is 0. The molecule has 0 aromatic heterocycles. The number of benzene rings is 1. The van der Waals surface area contributed by atoms with Gasteiger partial charge in [-0.2, -0.15) is 0 Å². The minimum absolute atomic E-state index is 0.474. The average Bonchev–Trinajstić information content (AvgIpc) is 2.69. The lowest BCUT2D eigenvalue weighted by Crippen LogP contribution is -2.44. The highest BCUT2D eigenvalue weighted by molar-refractivity contribution is 5.36. The SMILES string of the molecule is NNC(C1CCCCCC1)C1CCc2ccccc21. The molecular weight excluding hydrogens is 232 g/mol. The lowest BCUT2D eigenvalue weighted by atomic mass is 9.81. The van der Waals surface area contributed by atoms with Gasteiger partial charge >= 0.3 is 0 Å². The Kier molecular flexibility index (Phi) is 4.19. The van der Waals surface area contributed by atoms with Crippen molar-refractivity contribution >= 4 is 0 Å². The Morgan fingerprint density at radius 2 is 1.74 bits per heavy atom. The quantitative estimate of drug-likeness (QED) is 0.494. The molecule has 2 unspecified atom stereocenters. The molecule has 0 aliphatic heterocycles. The van der Waals surface area contributed by atoms with Gasteiger partial charge in [0.25, 0.3) is 0 Å². The van der Waals surface area contributed by atoms with Crippen LogP contribution < -0.4 is 11.3 Å². The van der Waals surface area contributed by atoms with E-state index in [9.17, 15) is 0 Å². The van der Waals surface area contributed by atoms with Crippen molar-refractivity contribution in [1.82, 2.24) is 5.43 Å². The van der Waals surface area contributed by atoms with Crippen LogP contribution in [0.15, 0.2) is 24.3 Å². The first-order valence-electron chi connectivity index (χ1n) is 7.94. The summed E-state index contributed by atoms with van der Waals surface area (Å²) in [4.78, 5) is 0. The first-order valence-corrected chi connectivity index (χ1v) is 7.94. The Bertz CT molecular complexity index is 407. The minimum Gasteiger partial charge on any atom is -0.271 e. The summed E-state index contributed by atoms with van der Waals surface area (Å²) in [5.41, 5.74) is 6.28. The van der Waals surface area contributed by atoms with Crippen LogP contribution in [0.25, 0.3) is 0 Å². The molecule has 1 aromatic carbocycles. The summed E-state index contributed by atoms with van der Waals surface area (Å²) in [5.74, 6) is 7.34. The number of nitrogens with one attached hydrogen (secondary N) is 1. The van der Waals surface area contributed by atoms with Crippen molar-refractivity contribution in [2.24, 2.45) is 11.8 Å². The minimum atomic E-state index is 0.474. The first kappa shape index (κ1) is 13.1. The van der Waals surface area contributed by atoms with E-state index >= 15 is 0 Å². The molecule has 2 aliphatic rings. The van der Waals surface area contributed by atoms with E-state index in [0.29, 0.717) is 12.0 Å². The maximum Gasteiger partial charge on any atom is 0.0307 e. The van der Waals surface area contributed by atoms with Crippen molar-refractivity contribution in [3.8, 4) is 0 Å². The van der Waals surface area contributed by atoms with Crippen molar-refractivity contribution in [2.45, 2.75) is 63.3 Å². The third kappa shape index (κ3) is 2.70. The van der Waals surface area contributed by atoms with Crippen LogP contribution >= 0.6 is 0 Å². The summed E-state index contributed by atoms with van der Waals surface area (Å²) in [5, 5.41) is 0. The van der Waals surface area contributed by atoms with E-state index in [4.69, 9.17) is 5.84 Å². The Balaban J connectivity index is 1.79. The van der Waals surface area contributed by atoms with Crippen molar-refractivity contribution in [1.29, 1.82) is 0 Å². The third-order valence-corrected chi connectivity index (χ3v) is 5.21. The summed E-state index contributed by atoms with van der Waals surface area (Å²) in [7, 11) is 0. The van der Waals surface area contributed by atoms with Gasteiger partial charge in [-0.15, -0.1) is 0 Å². The first-order chi connectivity index (χ1) is 9.40. The lowest BCUT2D eigenvalue weighted by molar-refractivity contribution is 0.280. The van der Waals surface area contributed by atoms with Crippen LogP contribution in [0.1, 0.15) is 62.0 Å². The van der Waals surface area contributed by atoms with Crippen molar-refractivity contribution in [3.05, 3.63) is 35.4 Å². The molecule has 1 aromatic rings. The van der Waals surface area contributed by atoms with Gasteiger partial charge in [0.1, 0.15) is 0 Å². The number of hydrogen-bond acceptors (Lipinski definition) is 2. The lowest BCUT2D eigenvalue weighted by Gasteiger charge is -2.31. The smallest absolute Gasteiger partial charge is 0.0307 e. The molecule has 0 radical (unpaired) electrons. The van der Waals surface area contributed by atoms with Gasteiger partial charge in [-0.3, -0.25) is 11.3 Å². The van der Waals surface area contributed by atoms with E-state index in [1.54, 1.807) is 11.1 Å². The molecule has 0 spiro atoms. The zero-order chi connectivity index (χ0) is 13.1. The molecule has 3 rings (SSSR count). The zero-order valence-electron chi connectivity index (χ0n) is 11.8. The Labute approximate surface area is 116 Å². The predicted octanol–water partition coefficient (Wildman–Crippen LogP) is 3.52. The fraction of sp³-hybridized carbons (Fsp3) is 0.647. The van der Waals surface area contributed by atoms with Gasteiger partial charge in [0.05, 0.1) is 0 Å². The highest BCUT2D eigenvalue weighted by Crippen LogP contribution is 2.40. The molecule has 2 heteroatoms. The van der Waals surface area contributed by atoms with E-state index in [1.807, 2.05) is 0 Å². The van der Waals surface area contributed by atoms with Gasteiger partial charge < -0.3 is 0 Å². The van der Waals surface area contributed by atoms with Crippen molar-refractivity contribution in [3.63, 3.8) is 0 Å². The maximum absolute atomic E-state index is 5.94. The van der Waals surface area contributed by atoms with Gasteiger partial charge in [-0.05, 0) is 42.7 Å². The average molecular weight is 258 g/mol. The molecule has 2 atom stereocenters. The molecule has 1 fully saturated rings. The van der Waals surface area contributed by atoms with Crippen LogP contribution in [0.3, 0.4) is 0 Å². The van der Waals surface area contributed by atoms with Gasteiger partial charge in [-0.25, -0.2) is 0 Å². The highest BCUT2D eigenvalue weighted by Gasteiger charge is 2.33. The van der Waals surface area contributed by atoms with Gasteiger partial charge in [-0.1, -0.05) is 49.9 Å². The second kappa shape index (κ2) is 6.06. The standard InChI is InChI=1S/C17H26N2/c18-19-17(14-8-3-1-2-4-9-14)16-12-11-13-7-5-6-10-15(13)16/h5-7,10,14,16-17,19H,1-4,8-9,11-12,18H2. The van der Waals surface area contributed by atoms with Crippen LogP contribution in [-0.4, -0.2) is 6.04 Å². The second-order valence-electron chi connectivity index (χ2n) is 6.29. The number of rotatable bonds is 3. The number of fused-ring (bicyclic) bond motifs is 1.